The number of hydrogen-bond donors (Lipinski definition) is 3. The van der Waals surface area contributed by atoms with E-state index in [1.807, 2.05) is 0 Å². The fraction of sp³-hybridized carbons (Fsp3) is 0.500. The van der Waals surface area contributed by atoms with Gasteiger partial charge in [0.15, 0.2) is 0 Å². The number of carbonyl (C=O) groups excluding carboxylic acids is 1. The first-order chi connectivity index (χ1) is 11.4. The first-order valence-electron chi connectivity index (χ1n) is 7.01. The second-order valence-corrected chi connectivity index (χ2v) is 4.90. The number of alkyl carbamates (subject to hydrolysis) is 1. The quantitative estimate of drug-likeness (QED) is 0.529. The fourth-order valence-electron chi connectivity index (χ4n) is 1.91. The van der Waals surface area contributed by atoms with Crippen LogP contribution in [-0.4, -0.2) is 42.4 Å². The van der Waals surface area contributed by atoms with E-state index in [4.69, 9.17) is 0 Å². The second kappa shape index (κ2) is 7.91. The average Bonchev–Trinajstić information content (AvgIpc) is 2.49. The minimum Gasteiger partial charge on any atom is -0.450 e. The molecular formula is C14H16F6N2O3. The van der Waals surface area contributed by atoms with Crippen molar-refractivity contribution < 1.29 is 41.0 Å². The third-order valence-electron chi connectivity index (χ3n) is 3.16. The van der Waals surface area contributed by atoms with Gasteiger partial charge in [-0.05, 0) is 12.5 Å². The number of ether oxygens (including phenoxy) is 1. The Hall–Kier alpha value is -2.01. The van der Waals surface area contributed by atoms with E-state index in [1.54, 1.807) is 6.07 Å². The molecule has 0 aliphatic rings. The molecule has 0 bridgehead atoms. The highest BCUT2D eigenvalue weighted by atomic mass is 19.4. The van der Waals surface area contributed by atoms with Crippen molar-refractivity contribution in [2.75, 3.05) is 13.2 Å². The van der Waals surface area contributed by atoms with Crippen LogP contribution >= 0.6 is 0 Å². The Bertz CT molecular complexity index is 548. The maximum absolute atomic E-state index is 13.2. The molecule has 1 aromatic carbocycles. The molecule has 0 aliphatic carbocycles. The Labute approximate surface area is 139 Å². The van der Waals surface area contributed by atoms with Gasteiger partial charge >= 0.3 is 18.4 Å². The molecular weight excluding hydrogens is 358 g/mol. The van der Waals surface area contributed by atoms with Crippen LogP contribution in [0.2, 0.25) is 0 Å². The van der Waals surface area contributed by atoms with Crippen molar-refractivity contribution in [2.24, 2.45) is 0 Å². The highest BCUT2D eigenvalue weighted by Gasteiger charge is 2.72. The second-order valence-electron chi connectivity index (χ2n) is 4.90. The number of halogens is 6. The molecule has 1 aromatic rings. The monoisotopic (exact) mass is 374 g/mol. The number of amides is 1. The summed E-state index contributed by atoms with van der Waals surface area (Å²) in [5.41, 5.74) is -4.67. The van der Waals surface area contributed by atoms with Crippen molar-refractivity contribution in [3.05, 3.63) is 35.9 Å². The lowest BCUT2D eigenvalue weighted by molar-refractivity contribution is -0.315. The smallest absolute Gasteiger partial charge is 0.434 e. The van der Waals surface area contributed by atoms with Crippen LogP contribution in [0.25, 0.3) is 0 Å². The summed E-state index contributed by atoms with van der Waals surface area (Å²) in [5.74, 6) is 0. The lowest BCUT2D eigenvalue weighted by atomic mass is 10.1. The highest BCUT2D eigenvalue weighted by Crippen LogP contribution is 2.41. The van der Waals surface area contributed by atoms with Crippen molar-refractivity contribution in [1.29, 1.82) is 0 Å². The van der Waals surface area contributed by atoms with Gasteiger partial charge in [-0.3, -0.25) is 10.6 Å². The summed E-state index contributed by atoms with van der Waals surface area (Å²) < 4.78 is 83.3. The Morgan fingerprint density at radius 1 is 1.12 bits per heavy atom. The van der Waals surface area contributed by atoms with Crippen LogP contribution in [0, 0.1) is 0 Å². The number of aliphatic hydroxyl groups is 1. The highest BCUT2D eigenvalue weighted by molar-refractivity contribution is 5.68. The van der Waals surface area contributed by atoms with Gasteiger partial charge in [0.2, 0.25) is 0 Å². The zero-order chi connectivity index (χ0) is 19.3. The van der Waals surface area contributed by atoms with Gasteiger partial charge in [-0.15, -0.1) is 0 Å². The van der Waals surface area contributed by atoms with Gasteiger partial charge in [-0.1, -0.05) is 30.3 Å². The molecule has 142 valence electrons. The largest absolute Gasteiger partial charge is 0.450 e. The molecule has 3 N–H and O–H groups in total. The van der Waals surface area contributed by atoms with Gasteiger partial charge in [0.1, 0.15) is 0 Å². The summed E-state index contributed by atoms with van der Waals surface area (Å²) >= 11 is 0. The minimum absolute atomic E-state index is 0.101. The molecule has 0 spiro atoms. The van der Waals surface area contributed by atoms with E-state index in [1.165, 1.54) is 36.5 Å². The Kier molecular flexibility index (Phi) is 6.66. The summed E-state index contributed by atoms with van der Waals surface area (Å²) in [5, 5.41) is 11.8. The lowest BCUT2D eigenvalue weighted by Crippen LogP contribution is -2.75. The topological polar surface area (TPSA) is 70.6 Å². The SMILES string of the molecule is CCOC(=O)NC(NC[C@H](O)c1ccccc1)(C(F)(F)F)C(F)(F)F. The number of aliphatic hydroxyl groups excluding tert-OH is 1. The van der Waals surface area contributed by atoms with Crippen molar-refractivity contribution >= 4 is 6.09 Å². The van der Waals surface area contributed by atoms with Crippen molar-refractivity contribution in [1.82, 2.24) is 10.6 Å². The summed E-state index contributed by atoms with van der Waals surface area (Å²) in [7, 11) is 0. The Morgan fingerprint density at radius 2 is 1.64 bits per heavy atom. The fourth-order valence-corrected chi connectivity index (χ4v) is 1.91. The van der Waals surface area contributed by atoms with Crippen LogP contribution in [0.15, 0.2) is 30.3 Å². The first-order valence-corrected chi connectivity index (χ1v) is 7.01. The van der Waals surface area contributed by atoms with E-state index in [0.29, 0.717) is 0 Å². The zero-order valence-corrected chi connectivity index (χ0v) is 12.9. The zero-order valence-electron chi connectivity index (χ0n) is 12.9. The van der Waals surface area contributed by atoms with E-state index in [2.05, 4.69) is 4.74 Å². The molecule has 1 amide bonds. The molecule has 25 heavy (non-hydrogen) atoms. The molecule has 0 unspecified atom stereocenters. The van der Waals surface area contributed by atoms with E-state index in [0.717, 1.165) is 5.32 Å². The molecule has 0 saturated heterocycles. The third-order valence-corrected chi connectivity index (χ3v) is 3.16. The van der Waals surface area contributed by atoms with Crippen molar-refractivity contribution in [3.63, 3.8) is 0 Å². The average molecular weight is 374 g/mol. The minimum atomic E-state index is -5.95. The van der Waals surface area contributed by atoms with Crippen LogP contribution in [0.3, 0.4) is 0 Å². The molecule has 0 heterocycles. The number of benzene rings is 1. The van der Waals surface area contributed by atoms with Crippen LogP contribution in [0.5, 0.6) is 0 Å². The number of nitrogens with one attached hydrogen (secondary N) is 2. The summed E-state index contributed by atoms with van der Waals surface area (Å²) in [6, 6.07) is 7.12. The normalized spacial score (nSPS) is 14.1. The molecule has 5 nitrogen and oxygen atoms in total. The van der Waals surface area contributed by atoms with Crippen molar-refractivity contribution in [2.45, 2.75) is 31.0 Å². The first kappa shape index (κ1) is 21.0. The van der Waals surface area contributed by atoms with Gasteiger partial charge in [0, 0.05) is 6.54 Å². The summed E-state index contributed by atoms with van der Waals surface area (Å²) in [4.78, 5) is 11.2. The number of hydrogen-bond acceptors (Lipinski definition) is 4. The standard InChI is InChI=1S/C14H16F6N2O3/c1-2-25-11(24)22-12(13(15,16)17,14(18,19)20)21-8-10(23)9-6-4-3-5-7-9/h3-7,10,21,23H,2,8H2,1H3,(H,22,24)/t10-/m0/s1. The summed E-state index contributed by atoms with van der Waals surface area (Å²) in [6.07, 6.45) is -15.5. The summed E-state index contributed by atoms with van der Waals surface area (Å²) in [6.45, 7) is -0.339. The van der Waals surface area contributed by atoms with E-state index >= 15 is 0 Å². The number of alkyl halides is 6. The Morgan fingerprint density at radius 3 is 2.08 bits per heavy atom. The van der Waals surface area contributed by atoms with Crippen molar-refractivity contribution in [3.8, 4) is 0 Å². The molecule has 11 heteroatoms. The van der Waals surface area contributed by atoms with E-state index in [-0.39, 0.29) is 5.56 Å². The van der Waals surface area contributed by atoms with Crippen LogP contribution in [-0.2, 0) is 4.74 Å². The molecule has 0 saturated carbocycles. The van der Waals surface area contributed by atoms with Gasteiger partial charge in [0.05, 0.1) is 12.7 Å². The van der Waals surface area contributed by atoms with E-state index in [9.17, 15) is 36.2 Å². The van der Waals surface area contributed by atoms with Crippen LogP contribution < -0.4 is 10.6 Å². The maximum atomic E-state index is 13.2. The molecule has 0 aromatic heterocycles. The maximum Gasteiger partial charge on any atom is 0.434 e. The van der Waals surface area contributed by atoms with Gasteiger partial charge in [-0.25, -0.2) is 4.79 Å². The Balaban J connectivity index is 3.10. The molecule has 1 rings (SSSR count). The lowest BCUT2D eigenvalue weighted by Gasteiger charge is -2.38. The van der Waals surface area contributed by atoms with Crippen LogP contribution in [0.4, 0.5) is 31.1 Å². The number of rotatable bonds is 6. The molecule has 1 atom stereocenters. The van der Waals surface area contributed by atoms with Crippen LogP contribution in [0.1, 0.15) is 18.6 Å². The number of carbonyl (C=O) groups is 1. The predicted octanol–water partition coefficient (Wildman–Crippen LogP) is 2.88. The van der Waals surface area contributed by atoms with Gasteiger partial charge < -0.3 is 9.84 Å². The van der Waals surface area contributed by atoms with Gasteiger partial charge in [0.25, 0.3) is 5.66 Å². The third kappa shape index (κ3) is 4.98. The van der Waals surface area contributed by atoms with E-state index < -0.39 is 43.4 Å². The molecule has 0 radical (unpaired) electrons. The molecule has 0 aliphatic heterocycles. The predicted molar refractivity (Wildman–Crippen MR) is 74.4 cm³/mol. The molecule has 0 fully saturated rings. The van der Waals surface area contributed by atoms with Gasteiger partial charge in [-0.2, -0.15) is 26.3 Å².